The first-order valence-electron chi connectivity index (χ1n) is 7.26. The van der Waals surface area contributed by atoms with Gasteiger partial charge in [-0.05, 0) is 43.8 Å². The summed E-state index contributed by atoms with van der Waals surface area (Å²) >= 11 is 0. The minimum absolute atomic E-state index is 0.349. The molecule has 1 aromatic carbocycles. The summed E-state index contributed by atoms with van der Waals surface area (Å²) in [5, 5.41) is 1.06. The number of amides is 1. The van der Waals surface area contributed by atoms with E-state index in [-0.39, 0.29) is 5.91 Å². The summed E-state index contributed by atoms with van der Waals surface area (Å²) in [6.07, 6.45) is 3.49. The fourth-order valence-electron chi connectivity index (χ4n) is 2.85. The maximum absolute atomic E-state index is 11.2. The van der Waals surface area contributed by atoms with E-state index < -0.39 is 0 Å². The summed E-state index contributed by atoms with van der Waals surface area (Å²) in [5.41, 5.74) is 7.04. The van der Waals surface area contributed by atoms with Gasteiger partial charge < -0.3 is 10.3 Å². The lowest BCUT2D eigenvalue weighted by molar-refractivity contribution is 0.100. The molecule has 0 fully saturated rings. The van der Waals surface area contributed by atoms with Gasteiger partial charge in [-0.2, -0.15) is 0 Å². The average molecular weight is 273 g/mol. The molecule has 0 aliphatic heterocycles. The highest BCUT2D eigenvalue weighted by molar-refractivity contribution is 5.97. The molecule has 20 heavy (non-hydrogen) atoms. The van der Waals surface area contributed by atoms with Crippen molar-refractivity contribution in [2.24, 2.45) is 5.73 Å². The van der Waals surface area contributed by atoms with E-state index in [1.807, 2.05) is 18.2 Å². The van der Waals surface area contributed by atoms with Crippen molar-refractivity contribution >= 4 is 16.8 Å². The fourth-order valence-corrected chi connectivity index (χ4v) is 2.85. The molecule has 1 heterocycles. The zero-order valence-electron chi connectivity index (χ0n) is 12.5. The van der Waals surface area contributed by atoms with Gasteiger partial charge in [-0.3, -0.25) is 9.69 Å². The summed E-state index contributed by atoms with van der Waals surface area (Å²) in [5.74, 6) is -0.379. The molecule has 0 spiro atoms. The molecule has 4 heteroatoms. The SMILES string of the molecule is CCC(N(CC)CC)n1ccc2cc(C(N)=O)ccc21. The summed E-state index contributed by atoms with van der Waals surface area (Å²) in [6.45, 7) is 8.61. The standard InChI is InChI=1S/C16H23N3O/c1-4-15(18(5-2)6-3)19-10-9-12-11-13(16(17)20)7-8-14(12)19/h7-11,15H,4-6H2,1-3H3,(H2,17,20). The Labute approximate surface area is 120 Å². The molecule has 2 rings (SSSR count). The Morgan fingerprint density at radius 2 is 1.95 bits per heavy atom. The molecule has 0 saturated heterocycles. The van der Waals surface area contributed by atoms with Crippen LogP contribution in [0.5, 0.6) is 0 Å². The summed E-state index contributed by atoms with van der Waals surface area (Å²) in [4.78, 5) is 13.7. The van der Waals surface area contributed by atoms with E-state index in [9.17, 15) is 4.79 Å². The molecule has 0 saturated carbocycles. The molecule has 0 aliphatic carbocycles. The van der Waals surface area contributed by atoms with Crippen molar-refractivity contribution in [2.75, 3.05) is 13.1 Å². The van der Waals surface area contributed by atoms with E-state index in [1.54, 1.807) is 6.07 Å². The van der Waals surface area contributed by atoms with Gasteiger partial charge in [-0.1, -0.05) is 20.8 Å². The monoisotopic (exact) mass is 273 g/mol. The van der Waals surface area contributed by atoms with Gasteiger partial charge in [0, 0.05) is 22.7 Å². The molecule has 0 aliphatic rings. The van der Waals surface area contributed by atoms with Crippen molar-refractivity contribution in [2.45, 2.75) is 33.4 Å². The largest absolute Gasteiger partial charge is 0.366 e. The van der Waals surface area contributed by atoms with Crippen molar-refractivity contribution < 1.29 is 4.79 Å². The molecule has 1 unspecified atom stereocenters. The number of rotatable bonds is 6. The van der Waals surface area contributed by atoms with Crippen LogP contribution in [0.4, 0.5) is 0 Å². The van der Waals surface area contributed by atoms with Crippen molar-refractivity contribution in [3.05, 3.63) is 36.0 Å². The van der Waals surface area contributed by atoms with Crippen LogP contribution >= 0.6 is 0 Å². The van der Waals surface area contributed by atoms with Gasteiger partial charge in [-0.15, -0.1) is 0 Å². The molecule has 2 N–H and O–H groups in total. The summed E-state index contributed by atoms with van der Waals surface area (Å²) in [6, 6.07) is 7.70. The first-order valence-corrected chi connectivity index (χ1v) is 7.26. The third-order valence-electron chi connectivity index (χ3n) is 3.93. The van der Waals surface area contributed by atoms with Crippen LogP contribution in [0.2, 0.25) is 0 Å². The van der Waals surface area contributed by atoms with Crippen LogP contribution in [-0.2, 0) is 0 Å². The topological polar surface area (TPSA) is 51.3 Å². The first kappa shape index (κ1) is 14.6. The maximum atomic E-state index is 11.2. The van der Waals surface area contributed by atoms with E-state index in [1.165, 1.54) is 0 Å². The zero-order chi connectivity index (χ0) is 14.7. The molecule has 1 atom stereocenters. The van der Waals surface area contributed by atoms with Gasteiger partial charge in [0.05, 0.1) is 6.17 Å². The van der Waals surface area contributed by atoms with Gasteiger partial charge in [0.15, 0.2) is 0 Å². The Hall–Kier alpha value is -1.81. The highest BCUT2D eigenvalue weighted by Gasteiger charge is 2.17. The Morgan fingerprint density at radius 1 is 1.25 bits per heavy atom. The van der Waals surface area contributed by atoms with Crippen LogP contribution < -0.4 is 5.73 Å². The van der Waals surface area contributed by atoms with Crippen LogP contribution in [0.3, 0.4) is 0 Å². The van der Waals surface area contributed by atoms with Crippen LogP contribution in [0.1, 0.15) is 43.7 Å². The number of primary amides is 1. The van der Waals surface area contributed by atoms with Crippen molar-refractivity contribution in [3.63, 3.8) is 0 Å². The lowest BCUT2D eigenvalue weighted by Crippen LogP contribution is -2.31. The van der Waals surface area contributed by atoms with E-state index in [0.717, 1.165) is 30.4 Å². The second-order valence-corrected chi connectivity index (χ2v) is 4.97. The molecular weight excluding hydrogens is 250 g/mol. The molecule has 1 amide bonds. The predicted octanol–water partition coefficient (Wildman–Crippen LogP) is 2.99. The molecule has 2 aromatic rings. The molecule has 0 bridgehead atoms. The van der Waals surface area contributed by atoms with Crippen LogP contribution in [0, 0.1) is 0 Å². The lowest BCUT2D eigenvalue weighted by Gasteiger charge is -2.30. The minimum atomic E-state index is -0.379. The Kier molecular flexibility index (Phi) is 4.45. The number of hydrogen-bond acceptors (Lipinski definition) is 2. The second-order valence-electron chi connectivity index (χ2n) is 4.97. The zero-order valence-corrected chi connectivity index (χ0v) is 12.5. The van der Waals surface area contributed by atoms with Gasteiger partial charge in [0.25, 0.3) is 0 Å². The number of carbonyl (C=O) groups is 1. The average Bonchev–Trinajstić information content (AvgIpc) is 2.87. The smallest absolute Gasteiger partial charge is 0.248 e. The van der Waals surface area contributed by atoms with Crippen molar-refractivity contribution in [1.82, 2.24) is 9.47 Å². The molecule has 108 valence electrons. The van der Waals surface area contributed by atoms with Crippen LogP contribution in [0.15, 0.2) is 30.5 Å². The van der Waals surface area contributed by atoms with Gasteiger partial charge >= 0.3 is 0 Å². The number of aromatic nitrogens is 1. The quantitative estimate of drug-likeness (QED) is 0.879. The van der Waals surface area contributed by atoms with E-state index >= 15 is 0 Å². The normalized spacial score (nSPS) is 13.0. The molecule has 0 radical (unpaired) electrons. The van der Waals surface area contributed by atoms with E-state index in [4.69, 9.17) is 5.73 Å². The molecule has 4 nitrogen and oxygen atoms in total. The maximum Gasteiger partial charge on any atom is 0.248 e. The van der Waals surface area contributed by atoms with Crippen molar-refractivity contribution in [3.8, 4) is 0 Å². The minimum Gasteiger partial charge on any atom is -0.366 e. The Morgan fingerprint density at radius 3 is 2.50 bits per heavy atom. The van der Waals surface area contributed by atoms with E-state index in [2.05, 4.69) is 36.4 Å². The third kappa shape index (κ3) is 2.56. The van der Waals surface area contributed by atoms with E-state index in [0.29, 0.717) is 11.7 Å². The van der Waals surface area contributed by atoms with Gasteiger partial charge in [-0.25, -0.2) is 0 Å². The fraction of sp³-hybridized carbons (Fsp3) is 0.438. The second kappa shape index (κ2) is 6.09. The molecule has 1 aromatic heterocycles. The number of nitrogens with zero attached hydrogens (tertiary/aromatic N) is 2. The first-order chi connectivity index (χ1) is 9.62. The van der Waals surface area contributed by atoms with Gasteiger partial charge in [0.2, 0.25) is 5.91 Å². The number of fused-ring (bicyclic) bond motifs is 1. The lowest BCUT2D eigenvalue weighted by atomic mass is 10.1. The number of hydrogen-bond donors (Lipinski definition) is 1. The van der Waals surface area contributed by atoms with Crippen LogP contribution in [-0.4, -0.2) is 28.5 Å². The van der Waals surface area contributed by atoms with Gasteiger partial charge in [0.1, 0.15) is 0 Å². The molecular formula is C16H23N3O. The number of benzene rings is 1. The number of nitrogens with two attached hydrogens (primary N) is 1. The number of carbonyl (C=O) groups excluding carboxylic acids is 1. The summed E-state index contributed by atoms with van der Waals surface area (Å²) in [7, 11) is 0. The predicted molar refractivity (Wildman–Crippen MR) is 82.7 cm³/mol. The highest BCUT2D eigenvalue weighted by Crippen LogP contribution is 2.25. The summed E-state index contributed by atoms with van der Waals surface area (Å²) < 4.78 is 2.28. The highest BCUT2D eigenvalue weighted by atomic mass is 16.1. The third-order valence-corrected chi connectivity index (χ3v) is 3.93. The Balaban J connectivity index is 2.46. The van der Waals surface area contributed by atoms with Crippen LogP contribution in [0.25, 0.3) is 10.9 Å². The van der Waals surface area contributed by atoms with Crippen molar-refractivity contribution in [1.29, 1.82) is 0 Å². The Bertz CT molecular complexity index is 599.